The number of carbonyl (C=O) groups excluding carboxylic acids is 1. The van der Waals surface area contributed by atoms with Crippen molar-refractivity contribution in [2.75, 3.05) is 5.32 Å². The van der Waals surface area contributed by atoms with Crippen molar-refractivity contribution in [3.63, 3.8) is 0 Å². The number of rotatable bonds is 2. The summed E-state index contributed by atoms with van der Waals surface area (Å²) in [6, 6.07) is 5.41. The molecular formula is C9H9BrClNO. The van der Waals surface area contributed by atoms with Gasteiger partial charge in [-0.15, -0.1) is 0 Å². The molecule has 2 nitrogen and oxygen atoms in total. The second-order valence-electron chi connectivity index (χ2n) is 2.50. The van der Waals surface area contributed by atoms with Gasteiger partial charge in [0, 0.05) is 10.9 Å². The first-order chi connectivity index (χ1) is 6.15. The van der Waals surface area contributed by atoms with Crippen LogP contribution >= 0.6 is 27.5 Å². The predicted octanol–water partition coefficient (Wildman–Crippen LogP) is 3.45. The third-order valence-electron chi connectivity index (χ3n) is 1.55. The predicted molar refractivity (Wildman–Crippen MR) is 58.1 cm³/mol. The summed E-state index contributed by atoms with van der Waals surface area (Å²) in [5.41, 5.74) is 0.642. The highest BCUT2D eigenvalue weighted by atomic mass is 79.9. The van der Waals surface area contributed by atoms with E-state index in [-0.39, 0.29) is 5.91 Å². The number of hydrogen-bond donors (Lipinski definition) is 1. The summed E-state index contributed by atoms with van der Waals surface area (Å²) >= 11 is 9.21. The van der Waals surface area contributed by atoms with Crippen LogP contribution in [0, 0.1) is 0 Å². The summed E-state index contributed by atoms with van der Waals surface area (Å²) in [7, 11) is 0. The first-order valence-electron chi connectivity index (χ1n) is 3.89. The second kappa shape index (κ2) is 4.63. The van der Waals surface area contributed by atoms with Crippen molar-refractivity contribution in [3.8, 4) is 0 Å². The fourth-order valence-electron chi connectivity index (χ4n) is 0.839. The fraction of sp³-hybridized carbons (Fsp3) is 0.222. The molecule has 0 heterocycles. The molecule has 1 rings (SSSR count). The van der Waals surface area contributed by atoms with E-state index in [2.05, 4.69) is 21.2 Å². The van der Waals surface area contributed by atoms with Crippen LogP contribution in [-0.4, -0.2) is 5.91 Å². The standard InChI is InChI=1S/C9H9BrClNO/c1-2-8(13)12-7-5-3-4-6(10)9(7)11/h3-5H,2H2,1H3,(H,12,13). The lowest BCUT2D eigenvalue weighted by Crippen LogP contribution is -2.09. The third-order valence-corrected chi connectivity index (χ3v) is 2.84. The van der Waals surface area contributed by atoms with Gasteiger partial charge in [0.2, 0.25) is 5.91 Å². The van der Waals surface area contributed by atoms with Crippen LogP contribution in [0.4, 0.5) is 5.69 Å². The van der Waals surface area contributed by atoms with E-state index < -0.39 is 0 Å². The number of halogens is 2. The first kappa shape index (κ1) is 10.5. The zero-order valence-electron chi connectivity index (χ0n) is 7.10. The molecule has 13 heavy (non-hydrogen) atoms. The monoisotopic (exact) mass is 261 g/mol. The van der Waals surface area contributed by atoms with Gasteiger partial charge in [-0.25, -0.2) is 0 Å². The molecule has 0 saturated carbocycles. The van der Waals surface area contributed by atoms with Gasteiger partial charge in [0.1, 0.15) is 0 Å². The van der Waals surface area contributed by atoms with Crippen LogP contribution < -0.4 is 5.32 Å². The van der Waals surface area contributed by atoms with Crippen LogP contribution in [0.5, 0.6) is 0 Å². The molecular weight excluding hydrogens is 253 g/mol. The zero-order chi connectivity index (χ0) is 9.84. The Labute approximate surface area is 90.4 Å². The van der Waals surface area contributed by atoms with E-state index in [1.807, 2.05) is 12.1 Å². The summed E-state index contributed by atoms with van der Waals surface area (Å²) in [5, 5.41) is 3.23. The highest BCUT2D eigenvalue weighted by Crippen LogP contribution is 2.29. The van der Waals surface area contributed by atoms with E-state index in [1.165, 1.54) is 0 Å². The van der Waals surface area contributed by atoms with E-state index in [1.54, 1.807) is 13.0 Å². The Morgan fingerprint density at radius 2 is 2.31 bits per heavy atom. The van der Waals surface area contributed by atoms with Gasteiger partial charge in [-0.1, -0.05) is 24.6 Å². The largest absolute Gasteiger partial charge is 0.325 e. The molecule has 0 bridgehead atoms. The lowest BCUT2D eigenvalue weighted by atomic mass is 10.3. The SMILES string of the molecule is CCC(=O)Nc1cccc(Br)c1Cl. The molecule has 0 aliphatic rings. The van der Waals surface area contributed by atoms with Crippen LogP contribution in [0.1, 0.15) is 13.3 Å². The van der Waals surface area contributed by atoms with Crippen molar-refractivity contribution in [1.29, 1.82) is 0 Å². The van der Waals surface area contributed by atoms with Crippen molar-refractivity contribution in [2.24, 2.45) is 0 Å². The van der Waals surface area contributed by atoms with Gasteiger partial charge >= 0.3 is 0 Å². The lowest BCUT2D eigenvalue weighted by molar-refractivity contribution is -0.115. The molecule has 0 spiro atoms. The van der Waals surface area contributed by atoms with E-state index >= 15 is 0 Å². The third kappa shape index (κ3) is 2.71. The average Bonchev–Trinajstić information content (AvgIpc) is 2.13. The molecule has 70 valence electrons. The molecule has 1 N–H and O–H groups in total. The van der Waals surface area contributed by atoms with Crippen LogP contribution in [0.25, 0.3) is 0 Å². The topological polar surface area (TPSA) is 29.1 Å². The second-order valence-corrected chi connectivity index (χ2v) is 3.74. The summed E-state index contributed by atoms with van der Waals surface area (Å²) in [6.07, 6.45) is 0.447. The van der Waals surface area contributed by atoms with Crippen molar-refractivity contribution in [1.82, 2.24) is 0 Å². The molecule has 0 aromatic heterocycles. The molecule has 0 aliphatic heterocycles. The zero-order valence-corrected chi connectivity index (χ0v) is 9.45. The molecule has 0 atom stereocenters. The molecule has 0 fully saturated rings. The van der Waals surface area contributed by atoms with Gasteiger partial charge in [0.15, 0.2) is 0 Å². The van der Waals surface area contributed by atoms with Crippen LogP contribution in [0.15, 0.2) is 22.7 Å². The Bertz CT molecular complexity index is 327. The van der Waals surface area contributed by atoms with Crippen molar-refractivity contribution in [3.05, 3.63) is 27.7 Å². The highest BCUT2D eigenvalue weighted by molar-refractivity contribution is 9.10. The van der Waals surface area contributed by atoms with Crippen molar-refractivity contribution >= 4 is 39.1 Å². The van der Waals surface area contributed by atoms with Gasteiger partial charge in [-0.05, 0) is 28.1 Å². The molecule has 0 unspecified atom stereocenters. The molecule has 0 aliphatic carbocycles. The van der Waals surface area contributed by atoms with Gasteiger partial charge < -0.3 is 5.32 Å². The van der Waals surface area contributed by atoms with Crippen LogP contribution in [0.3, 0.4) is 0 Å². The van der Waals surface area contributed by atoms with Gasteiger partial charge in [0.25, 0.3) is 0 Å². The van der Waals surface area contributed by atoms with Gasteiger partial charge in [-0.2, -0.15) is 0 Å². The smallest absolute Gasteiger partial charge is 0.224 e. The maximum atomic E-state index is 11.1. The van der Waals surface area contributed by atoms with Crippen LogP contribution in [0.2, 0.25) is 5.02 Å². The first-order valence-corrected chi connectivity index (χ1v) is 5.06. The summed E-state index contributed by atoms with van der Waals surface area (Å²) < 4.78 is 0.781. The Balaban J connectivity index is 2.89. The molecule has 1 aromatic rings. The summed E-state index contributed by atoms with van der Waals surface area (Å²) in [5.74, 6) is -0.0417. The Hall–Kier alpha value is -0.540. The van der Waals surface area contributed by atoms with Crippen molar-refractivity contribution < 1.29 is 4.79 Å². The number of amides is 1. The molecule has 4 heteroatoms. The Morgan fingerprint density at radius 3 is 2.92 bits per heavy atom. The van der Waals surface area contributed by atoms with Gasteiger partial charge in [-0.3, -0.25) is 4.79 Å². The summed E-state index contributed by atoms with van der Waals surface area (Å²) in [4.78, 5) is 11.1. The maximum absolute atomic E-state index is 11.1. The number of anilines is 1. The average molecular weight is 263 g/mol. The quantitative estimate of drug-likeness (QED) is 0.869. The highest BCUT2D eigenvalue weighted by Gasteiger charge is 2.05. The van der Waals surface area contributed by atoms with Crippen LogP contribution in [-0.2, 0) is 4.79 Å². The van der Waals surface area contributed by atoms with Gasteiger partial charge in [0.05, 0.1) is 10.7 Å². The van der Waals surface area contributed by atoms with Crippen molar-refractivity contribution in [2.45, 2.75) is 13.3 Å². The molecule has 0 radical (unpaired) electrons. The number of nitrogens with one attached hydrogen (secondary N) is 1. The van der Waals surface area contributed by atoms with E-state index in [9.17, 15) is 4.79 Å². The fourth-order valence-corrected chi connectivity index (χ4v) is 1.38. The number of hydrogen-bond acceptors (Lipinski definition) is 1. The molecule has 1 amide bonds. The number of carbonyl (C=O) groups is 1. The van der Waals surface area contributed by atoms with E-state index in [4.69, 9.17) is 11.6 Å². The normalized spacial score (nSPS) is 9.77. The van der Waals surface area contributed by atoms with E-state index in [0.29, 0.717) is 17.1 Å². The number of benzene rings is 1. The Kier molecular flexibility index (Phi) is 3.75. The minimum Gasteiger partial charge on any atom is -0.325 e. The Morgan fingerprint density at radius 1 is 1.62 bits per heavy atom. The molecule has 0 saturated heterocycles. The molecule has 1 aromatic carbocycles. The van der Waals surface area contributed by atoms with E-state index in [0.717, 1.165) is 4.47 Å². The lowest BCUT2D eigenvalue weighted by Gasteiger charge is -2.06. The minimum absolute atomic E-state index is 0.0417. The summed E-state index contributed by atoms with van der Waals surface area (Å²) in [6.45, 7) is 1.79. The minimum atomic E-state index is -0.0417. The maximum Gasteiger partial charge on any atom is 0.224 e.